The van der Waals surface area contributed by atoms with Gasteiger partial charge in [0.2, 0.25) is 0 Å². The van der Waals surface area contributed by atoms with Gasteiger partial charge in [0.25, 0.3) is 0 Å². The molecule has 1 aliphatic rings. The number of hydrogen-bond donors (Lipinski definition) is 1. The Morgan fingerprint density at radius 2 is 2.24 bits per heavy atom. The number of ether oxygens (including phenoxy) is 1. The van der Waals surface area contributed by atoms with E-state index < -0.39 is 12.1 Å². The fourth-order valence-electron chi connectivity index (χ4n) is 1.84. The summed E-state index contributed by atoms with van der Waals surface area (Å²) in [6, 6.07) is 7.69. The average Bonchev–Trinajstić information content (AvgIpc) is 3.20. The maximum absolute atomic E-state index is 11.3. The minimum absolute atomic E-state index is 0.0699. The maximum Gasteiger partial charge on any atom is 0.336 e. The third kappa shape index (κ3) is 2.56. The fraction of sp³-hybridized carbons (Fsp3) is 0.357. The molecule has 90 valence electrons. The minimum Gasteiger partial charge on any atom is -0.466 e. The number of carbonyl (C=O) groups is 1. The van der Waals surface area contributed by atoms with E-state index in [4.69, 9.17) is 0 Å². The molecule has 0 bridgehead atoms. The summed E-state index contributed by atoms with van der Waals surface area (Å²) in [5.41, 5.74) is 1.99. The molecule has 1 aromatic rings. The van der Waals surface area contributed by atoms with Crippen LogP contribution in [0.25, 0.3) is 0 Å². The van der Waals surface area contributed by atoms with Crippen molar-refractivity contribution >= 4 is 5.97 Å². The van der Waals surface area contributed by atoms with Crippen molar-refractivity contribution in [1.82, 2.24) is 0 Å². The van der Waals surface area contributed by atoms with E-state index in [0.29, 0.717) is 11.5 Å². The fourth-order valence-corrected chi connectivity index (χ4v) is 1.84. The van der Waals surface area contributed by atoms with Gasteiger partial charge in [0.05, 0.1) is 12.7 Å². The van der Waals surface area contributed by atoms with Crippen LogP contribution >= 0.6 is 0 Å². The second-order valence-corrected chi connectivity index (χ2v) is 4.36. The summed E-state index contributed by atoms with van der Waals surface area (Å²) in [5.74, 6) is 0.0443. The summed E-state index contributed by atoms with van der Waals surface area (Å²) in [4.78, 5) is 11.3. The van der Waals surface area contributed by atoms with E-state index in [1.165, 1.54) is 25.5 Å². The van der Waals surface area contributed by atoms with Crippen LogP contribution < -0.4 is 0 Å². The van der Waals surface area contributed by atoms with Crippen LogP contribution in [0.5, 0.6) is 0 Å². The second-order valence-electron chi connectivity index (χ2n) is 4.36. The topological polar surface area (TPSA) is 46.5 Å². The summed E-state index contributed by atoms with van der Waals surface area (Å²) < 4.78 is 4.55. The molecule has 0 saturated heterocycles. The van der Waals surface area contributed by atoms with Crippen LogP contribution in [0.2, 0.25) is 0 Å². The van der Waals surface area contributed by atoms with E-state index in [1.807, 2.05) is 12.1 Å². The Labute approximate surface area is 101 Å². The van der Waals surface area contributed by atoms with E-state index in [1.54, 1.807) is 6.07 Å². The van der Waals surface area contributed by atoms with Crippen LogP contribution in [0, 0.1) is 0 Å². The van der Waals surface area contributed by atoms with E-state index in [0.717, 1.165) is 0 Å². The van der Waals surface area contributed by atoms with Gasteiger partial charge in [0.1, 0.15) is 6.10 Å². The second kappa shape index (κ2) is 4.72. The highest BCUT2D eigenvalue weighted by molar-refractivity contribution is 5.88. The van der Waals surface area contributed by atoms with E-state index in [-0.39, 0.29) is 5.57 Å². The summed E-state index contributed by atoms with van der Waals surface area (Å²) in [6.07, 6.45) is 1.43. The Hall–Kier alpha value is -1.61. The average molecular weight is 232 g/mol. The molecule has 1 atom stereocenters. The standard InChI is InChI=1S/C14H16O3/c1-9(14(16)17-2)13(15)12-5-3-4-11(8-12)10-6-7-10/h3-5,8,10,13,15H,1,6-7H2,2H3. The Morgan fingerprint density at radius 3 is 2.82 bits per heavy atom. The van der Waals surface area contributed by atoms with Crippen molar-refractivity contribution < 1.29 is 14.6 Å². The summed E-state index contributed by atoms with van der Waals surface area (Å²) in [6.45, 7) is 3.57. The molecule has 1 aliphatic carbocycles. The largest absolute Gasteiger partial charge is 0.466 e. The molecule has 1 fully saturated rings. The van der Waals surface area contributed by atoms with Crippen LogP contribution in [0.15, 0.2) is 36.4 Å². The molecule has 1 N–H and O–H groups in total. The number of carbonyl (C=O) groups excluding carboxylic acids is 1. The number of rotatable bonds is 4. The minimum atomic E-state index is -0.985. The number of benzene rings is 1. The Balaban J connectivity index is 2.18. The van der Waals surface area contributed by atoms with Crippen LogP contribution in [0.1, 0.15) is 36.0 Å². The molecule has 0 radical (unpaired) electrons. The highest BCUT2D eigenvalue weighted by atomic mass is 16.5. The third-order valence-corrected chi connectivity index (χ3v) is 3.05. The van der Waals surface area contributed by atoms with Crippen molar-refractivity contribution in [3.8, 4) is 0 Å². The van der Waals surface area contributed by atoms with Gasteiger partial charge in [-0.1, -0.05) is 30.8 Å². The number of hydrogen-bond acceptors (Lipinski definition) is 3. The van der Waals surface area contributed by atoms with Gasteiger partial charge in [-0.25, -0.2) is 4.79 Å². The van der Waals surface area contributed by atoms with Gasteiger partial charge in [-0.2, -0.15) is 0 Å². The molecule has 0 amide bonds. The molecule has 0 heterocycles. The highest BCUT2D eigenvalue weighted by Gasteiger charge is 2.25. The summed E-state index contributed by atoms with van der Waals surface area (Å²) in [5, 5.41) is 10.0. The monoisotopic (exact) mass is 232 g/mol. The number of methoxy groups -OCH3 is 1. The molecule has 2 rings (SSSR count). The molecule has 0 aliphatic heterocycles. The molecular weight excluding hydrogens is 216 g/mol. The van der Waals surface area contributed by atoms with Gasteiger partial charge in [0.15, 0.2) is 0 Å². The Morgan fingerprint density at radius 1 is 1.53 bits per heavy atom. The smallest absolute Gasteiger partial charge is 0.336 e. The predicted molar refractivity (Wildman–Crippen MR) is 64.5 cm³/mol. The lowest BCUT2D eigenvalue weighted by Gasteiger charge is -2.13. The van der Waals surface area contributed by atoms with Crippen molar-refractivity contribution in [3.05, 3.63) is 47.5 Å². The number of esters is 1. The van der Waals surface area contributed by atoms with Gasteiger partial charge >= 0.3 is 5.97 Å². The van der Waals surface area contributed by atoms with E-state index in [2.05, 4.69) is 17.4 Å². The van der Waals surface area contributed by atoms with Crippen molar-refractivity contribution in [1.29, 1.82) is 0 Å². The van der Waals surface area contributed by atoms with Gasteiger partial charge in [-0.15, -0.1) is 0 Å². The zero-order valence-corrected chi connectivity index (χ0v) is 9.85. The first kappa shape index (κ1) is 11.9. The van der Waals surface area contributed by atoms with Crippen LogP contribution in [0.3, 0.4) is 0 Å². The lowest BCUT2D eigenvalue weighted by atomic mass is 9.99. The van der Waals surface area contributed by atoms with E-state index in [9.17, 15) is 9.90 Å². The normalized spacial score (nSPS) is 16.4. The van der Waals surface area contributed by atoms with Crippen LogP contribution in [-0.2, 0) is 9.53 Å². The maximum atomic E-state index is 11.3. The molecule has 1 aromatic carbocycles. The molecule has 0 aromatic heterocycles. The van der Waals surface area contributed by atoms with E-state index >= 15 is 0 Å². The quantitative estimate of drug-likeness (QED) is 0.640. The summed E-state index contributed by atoms with van der Waals surface area (Å²) >= 11 is 0. The first-order valence-electron chi connectivity index (χ1n) is 5.68. The zero-order valence-electron chi connectivity index (χ0n) is 9.85. The van der Waals surface area contributed by atoms with Crippen LogP contribution in [0.4, 0.5) is 0 Å². The molecule has 3 heteroatoms. The van der Waals surface area contributed by atoms with Gasteiger partial charge in [0, 0.05) is 0 Å². The van der Waals surface area contributed by atoms with Gasteiger partial charge in [-0.3, -0.25) is 0 Å². The highest BCUT2D eigenvalue weighted by Crippen LogP contribution is 2.40. The van der Waals surface area contributed by atoms with Gasteiger partial charge < -0.3 is 9.84 Å². The number of aliphatic hydroxyl groups excluding tert-OH is 1. The van der Waals surface area contributed by atoms with Crippen molar-refractivity contribution in [2.24, 2.45) is 0 Å². The van der Waals surface area contributed by atoms with Crippen molar-refractivity contribution in [2.75, 3.05) is 7.11 Å². The SMILES string of the molecule is C=C(C(=O)OC)C(O)c1cccc(C2CC2)c1. The molecule has 17 heavy (non-hydrogen) atoms. The lowest BCUT2D eigenvalue weighted by Crippen LogP contribution is -2.12. The molecule has 3 nitrogen and oxygen atoms in total. The van der Waals surface area contributed by atoms with Crippen LogP contribution in [-0.4, -0.2) is 18.2 Å². The number of aliphatic hydroxyl groups is 1. The van der Waals surface area contributed by atoms with Crippen molar-refractivity contribution in [3.63, 3.8) is 0 Å². The molecular formula is C14H16O3. The Bertz CT molecular complexity index is 447. The molecule has 0 spiro atoms. The van der Waals surface area contributed by atoms with Crippen molar-refractivity contribution in [2.45, 2.75) is 24.9 Å². The first-order valence-corrected chi connectivity index (χ1v) is 5.68. The Kier molecular flexibility index (Phi) is 3.29. The molecule has 1 saturated carbocycles. The lowest BCUT2D eigenvalue weighted by molar-refractivity contribution is -0.137. The summed E-state index contributed by atoms with van der Waals surface area (Å²) in [7, 11) is 1.28. The first-order chi connectivity index (χ1) is 8.13. The third-order valence-electron chi connectivity index (χ3n) is 3.05. The predicted octanol–water partition coefficient (Wildman–Crippen LogP) is 2.33. The zero-order chi connectivity index (χ0) is 12.4. The molecule has 1 unspecified atom stereocenters. The van der Waals surface area contributed by atoms with Gasteiger partial charge in [-0.05, 0) is 29.9 Å².